The predicted octanol–water partition coefficient (Wildman–Crippen LogP) is 6.93. The Kier molecular flexibility index (Phi) is 10.4. The number of hydrogen-bond donors (Lipinski definition) is 1. The van der Waals surface area contributed by atoms with E-state index < -0.39 is 41.6 Å². The smallest absolute Gasteiger partial charge is 0.416 e. The van der Waals surface area contributed by atoms with Crippen LogP contribution in [0.2, 0.25) is 0 Å². The molecule has 1 N–H and O–H groups in total. The highest BCUT2D eigenvalue weighted by molar-refractivity contribution is 8.18. The van der Waals surface area contributed by atoms with Crippen molar-refractivity contribution < 1.29 is 45.4 Å². The Morgan fingerprint density at radius 3 is 2.31 bits per heavy atom. The van der Waals surface area contributed by atoms with Crippen molar-refractivity contribution in [1.29, 1.82) is 0 Å². The van der Waals surface area contributed by atoms with Gasteiger partial charge < -0.3 is 19.7 Å². The SMILES string of the molecule is COc1cc(C=C2SC(N3CCN(C(C)C(=O)Nc4ccccc4)CC3)=NC2=O)ccc1OCc1ccc(C(F)(F)F)cc1C(F)(F)F. The molecule has 3 aromatic carbocycles. The number of carbonyl (C=O) groups excluding carboxylic acids is 2. The van der Waals surface area contributed by atoms with Crippen LogP contribution in [0, 0.1) is 0 Å². The van der Waals surface area contributed by atoms with Crippen molar-refractivity contribution in [3.8, 4) is 11.5 Å². The fourth-order valence-electron chi connectivity index (χ4n) is 5.11. The van der Waals surface area contributed by atoms with Crippen LogP contribution in [-0.2, 0) is 28.5 Å². The molecule has 15 heteroatoms. The fraction of sp³-hybridized carbons (Fsp3) is 0.303. The standard InChI is InChI=1S/C33H30F6N4O4S/c1-20(29(44)40-24-6-4-3-5-7-24)42-12-14-43(15-13-42)31-41-30(45)28(48-31)17-21-8-11-26(27(16-21)46-2)47-19-22-9-10-23(32(34,35)36)18-25(22)33(37,38)39/h3-11,16-18,20H,12-15,19H2,1-2H3,(H,40,44). The molecule has 2 aliphatic heterocycles. The second kappa shape index (κ2) is 14.3. The van der Waals surface area contributed by atoms with E-state index in [4.69, 9.17) is 9.47 Å². The molecule has 0 aliphatic carbocycles. The number of carbonyl (C=O) groups is 2. The Morgan fingerprint density at radius 1 is 0.958 bits per heavy atom. The first kappa shape index (κ1) is 34.8. The number of halogens is 6. The summed E-state index contributed by atoms with van der Waals surface area (Å²) in [5.74, 6) is -0.350. The normalized spacial score (nSPS) is 17.3. The summed E-state index contributed by atoms with van der Waals surface area (Å²) in [6, 6.07) is 14.7. The first-order chi connectivity index (χ1) is 22.7. The third-order valence-corrected chi connectivity index (χ3v) is 8.82. The molecule has 1 unspecified atom stereocenters. The van der Waals surface area contributed by atoms with Crippen LogP contribution >= 0.6 is 11.8 Å². The molecular formula is C33H30F6N4O4S. The maximum Gasteiger partial charge on any atom is 0.416 e. The molecule has 3 aromatic rings. The van der Waals surface area contributed by atoms with Gasteiger partial charge in [0.05, 0.1) is 29.2 Å². The molecule has 0 saturated carbocycles. The number of hydrogen-bond acceptors (Lipinski definition) is 7. The molecule has 48 heavy (non-hydrogen) atoms. The number of benzene rings is 3. The second-order valence-corrected chi connectivity index (χ2v) is 11.9. The van der Waals surface area contributed by atoms with E-state index in [1.807, 2.05) is 42.2 Å². The minimum Gasteiger partial charge on any atom is -0.493 e. The highest BCUT2D eigenvalue weighted by Gasteiger charge is 2.38. The van der Waals surface area contributed by atoms with E-state index in [1.165, 1.54) is 31.0 Å². The lowest BCUT2D eigenvalue weighted by Crippen LogP contribution is -2.53. The van der Waals surface area contributed by atoms with Gasteiger partial charge in [-0.15, -0.1) is 0 Å². The van der Waals surface area contributed by atoms with Crippen LogP contribution in [0.3, 0.4) is 0 Å². The number of para-hydroxylation sites is 1. The molecule has 0 radical (unpaired) electrons. The first-order valence-corrected chi connectivity index (χ1v) is 15.5. The quantitative estimate of drug-likeness (QED) is 0.203. The Hall–Kier alpha value is -4.50. The number of amides is 2. The van der Waals surface area contributed by atoms with E-state index in [-0.39, 0.29) is 29.5 Å². The average molecular weight is 693 g/mol. The highest BCUT2D eigenvalue weighted by atomic mass is 32.2. The second-order valence-electron chi connectivity index (χ2n) is 10.9. The fourth-order valence-corrected chi connectivity index (χ4v) is 6.08. The number of piperazine rings is 1. The molecule has 0 spiro atoms. The van der Waals surface area contributed by atoms with Gasteiger partial charge in [0.2, 0.25) is 5.91 Å². The lowest BCUT2D eigenvalue weighted by atomic mass is 10.0. The van der Waals surface area contributed by atoms with Crippen LogP contribution in [0.25, 0.3) is 6.08 Å². The van der Waals surface area contributed by atoms with E-state index in [0.717, 1.165) is 11.8 Å². The van der Waals surface area contributed by atoms with Gasteiger partial charge in [-0.2, -0.15) is 31.3 Å². The van der Waals surface area contributed by atoms with Crippen molar-refractivity contribution in [2.24, 2.45) is 4.99 Å². The Morgan fingerprint density at radius 2 is 1.67 bits per heavy atom. The topological polar surface area (TPSA) is 83.5 Å². The van der Waals surface area contributed by atoms with Crippen molar-refractivity contribution in [2.45, 2.75) is 31.9 Å². The van der Waals surface area contributed by atoms with Crippen LogP contribution in [0.4, 0.5) is 32.0 Å². The van der Waals surface area contributed by atoms with Gasteiger partial charge in [-0.25, -0.2) is 0 Å². The van der Waals surface area contributed by atoms with Crippen molar-refractivity contribution in [1.82, 2.24) is 9.80 Å². The van der Waals surface area contributed by atoms with Crippen LogP contribution in [0.5, 0.6) is 11.5 Å². The van der Waals surface area contributed by atoms with E-state index in [2.05, 4.69) is 15.2 Å². The van der Waals surface area contributed by atoms with E-state index in [0.29, 0.717) is 47.9 Å². The number of anilines is 1. The van der Waals surface area contributed by atoms with Crippen LogP contribution in [0.1, 0.15) is 29.2 Å². The van der Waals surface area contributed by atoms with Gasteiger partial charge in [-0.3, -0.25) is 14.5 Å². The summed E-state index contributed by atoms with van der Waals surface area (Å²) in [7, 11) is 1.32. The summed E-state index contributed by atoms with van der Waals surface area (Å²) in [6.07, 6.45) is -8.37. The van der Waals surface area contributed by atoms with Gasteiger partial charge in [-0.05, 0) is 66.7 Å². The molecular weight excluding hydrogens is 662 g/mol. The Labute approximate surface area is 276 Å². The number of nitrogens with zero attached hydrogens (tertiary/aromatic N) is 3. The molecule has 5 rings (SSSR count). The number of ether oxygens (including phenoxy) is 2. The summed E-state index contributed by atoms with van der Waals surface area (Å²) < 4.78 is 90.6. The third kappa shape index (κ3) is 8.31. The molecule has 0 bridgehead atoms. The summed E-state index contributed by atoms with van der Waals surface area (Å²) in [5, 5.41) is 3.45. The molecule has 0 aromatic heterocycles. The van der Waals surface area contributed by atoms with Gasteiger partial charge in [0, 0.05) is 37.4 Å². The number of rotatable bonds is 8. The monoisotopic (exact) mass is 692 g/mol. The molecule has 254 valence electrons. The number of amidine groups is 1. The lowest BCUT2D eigenvalue weighted by molar-refractivity contribution is -0.143. The zero-order valence-electron chi connectivity index (χ0n) is 25.7. The number of aliphatic imine (C=N–C) groups is 1. The largest absolute Gasteiger partial charge is 0.493 e. The van der Waals surface area contributed by atoms with E-state index in [1.54, 1.807) is 12.1 Å². The molecule has 8 nitrogen and oxygen atoms in total. The van der Waals surface area contributed by atoms with Crippen molar-refractivity contribution in [3.05, 3.63) is 93.9 Å². The maximum absolute atomic E-state index is 13.5. The van der Waals surface area contributed by atoms with Gasteiger partial charge in [-0.1, -0.05) is 30.3 Å². The molecule has 2 amide bonds. The van der Waals surface area contributed by atoms with Crippen LogP contribution in [0.15, 0.2) is 76.6 Å². The molecule has 1 fully saturated rings. The summed E-state index contributed by atoms with van der Waals surface area (Å²) in [6.45, 7) is 3.48. The molecule has 2 aliphatic rings. The summed E-state index contributed by atoms with van der Waals surface area (Å²) >= 11 is 1.20. The first-order valence-electron chi connectivity index (χ1n) is 14.7. The Balaban J connectivity index is 1.19. The minimum absolute atomic E-state index is 0.0552. The zero-order valence-corrected chi connectivity index (χ0v) is 26.5. The number of alkyl halides is 6. The van der Waals surface area contributed by atoms with Gasteiger partial charge >= 0.3 is 12.4 Å². The minimum atomic E-state index is -5.03. The number of thioether (sulfide) groups is 1. The van der Waals surface area contributed by atoms with Gasteiger partial charge in [0.25, 0.3) is 5.91 Å². The van der Waals surface area contributed by atoms with E-state index in [9.17, 15) is 35.9 Å². The Bertz CT molecular complexity index is 1720. The van der Waals surface area contributed by atoms with Crippen molar-refractivity contribution in [2.75, 3.05) is 38.6 Å². The van der Waals surface area contributed by atoms with Crippen molar-refractivity contribution in [3.63, 3.8) is 0 Å². The van der Waals surface area contributed by atoms with Crippen LogP contribution < -0.4 is 14.8 Å². The molecule has 1 saturated heterocycles. The third-order valence-electron chi connectivity index (χ3n) is 7.77. The lowest BCUT2D eigenvalue weighted by Gasteiger charge is -2.37. The van der Waals surface area contributed by atoms with Gasteiger partial charge in [0.15, 0.2) is 16.7 Å². The zero-order chi connectivity index (χ0) is 34.6. The summed E-state index contributed by atoms with van der Waals surface area (Å²) in [5.41, 5.74) is -2.10. The summed E-state index contributed by atoms with van der Waals surface area (Å²) in [4.78, 5) is 34.1. The van der Waals surface area contributed by atoms with Crippen molar-refractivity contribution >= 4 is 40.5 Å². The van der Waals surface area contributed by atoms with Gasteiger partial charge in [0.1, 0.15) is 6.61 Å². The molecule has 1 atom stereocenters. The predicted molar refractivity (Wildman–Crippen MR) is 169 cm³/mol. The highest BCUT2D eigenvalue weighted by Crippen LogP contribution is 2.39. The molecule has 2 heterocycles. The van der Waals surface area contributed by atoms with Crippen LogP contribution in [-0.4, -0.2) is 66.1 Å². The number of methoxy groups -OCH3 is 1. The van der Waals surface area contributed by atoms with E-state index >= 15 is 0 Å². The number of nitrogens with one attached hydrogen (secondary N) is 1. The maximum atomic E-state index is 13.5. The average Bonchev–Trinajstić information content (AvgIpc) is 3.42.